The molecule has 0 atom stereocenters. The van der Waals surface area contributed by atoms with Gasteiger partial charge in [0.05, 0.1) is 7.11 Å². The van der Waals surface area contributed by atoms with Gasteiger partial charge in [-0.3, -0.25) is 0 Å². The van der Waals surface area contributed by atoms with Crippen molar-refractivity contribution in [3.8, 4) is 5.75 Å². The lowest BCUT2D eigenvalue weighted by molar-refractivity contribution is -0.137. The maximum atomic E-state index is 6.11. The van der Waals surface area contributed by atoms with E-state index in [0.717, 1.165) is 17.3 Å². The molecule has 1 aromatic rings. The number of ether oxygens (including phenoxy) is 1. The predicted octanol–water partition coefficient (Wildman–Crippen LogP) is 2.99. The minimum atomic E-state index is 0.354. The second-order valence-electron chi connectivity index (χ2n) is 5.69. The van der Waals surface area contributed by atoms with Crippen molar-refractivity contribution in [2.75, 3.05) is 20.7 Å². The van der Waals surface area contributed by atoms with Crippen molar-refractivity contribution < 1.29 is 4.74 Å². The largest absolute Gasteiger partial charge is 0.496 e. The Hall–Kier alpha value is -0.730. The lowest BCUT2D eigenvalue weighted by atomic mass is 9.33. The van der Waals surface area contributed by atoms with Crippen molar-refractivity contribution in [3.63, 3.8) is 0 Å². The summed E-state index contributed by atoms with van der Waals surface area (Å²) < 4.78 is 5.47. The molecule has 0 saturated heterocycles. The van der Waals surface area contributed by atoms with Crippen LogP contribution in [0.3, 0.4) is 0 Å². The second kappa shape index (κ2) is 3.63. The zero-order chi connectivity index (χ0) is 12.1. The first-order valence-corrected chi connectivity index (χ1v) is 6.50. The Morgan fingerprint density at radius 2 is 2.06 bits per heavy atom. The van der Waals surface area contributed by atoms with Crippen molar-refractivity contribution in [1.82, 2.24) is 5.32 Å². The third-order valence-electron chi connectivity index (χ3n) is 4.42. The molecule has 0 aliphatic heterocycles. The molecule has 2 bridgehead atoms. The van der Waals surface area contributed by atoms with Crippen LogP contribution in [0.5, 0.6) is 5.75 Å². The number of nitrogens with one attached hydrogen (secondary N) is 1. The summed E-state index contributed by atoms with van der Waals surface area (Å²) in [5.74, 6) is 0.993. The van der Waals surface area contributed by atoms with Crippen LogP contribution in [-0.4, -0.2) is 20.7 Å². The highest BCUT2D eigenvalue weighted by molar-refractivity contribution is 6.30. The molecule has 3 fully saturated rings. The van der Waals surface area contributed by atoms with Gasteiger partial charge in [-0.1, -0.05) is 11.6 Å². The van der Waals surface area contributed by atoms with Crippen molar-refractivity contribution in [3.05, 3.63) is 28.8 Å². The van der Waals surface area contributed by atoms with Crippen molar-refractivity contribution >= 4 is 11.6 Å². The predicted molar refractivity (Wildman–Crippen MR) is 69.9 cm³/mol. The maximum absolute atomic E-state index is 6.11. The number of hydrogen-bond donors (Lipinski definition) is 1. The van der Waals surface area contributed by atoms with Crippen molar-refractivity contribution in [2.24, 2.45) is 5.41 Å². The summed E-state index contributed by atoms with van der Waals surface area (Å²) in [6.45, 7) is 1.14. The highest BCUT2D eigenvalue weighted by atomic mass is 35.5. The Labute approximate surface area is 107 Å². The zero-order valence-corrected chi connectivity index (χ0v) is 11.1. The van der Waals surface area contributed by atoms with E-state index >= 15 is 0 Å². The van der Waals surface area contributed by atoms with E-state index in [1.165, 1.54) is 24.8 Å². The molecule has 0 aromatic heterocycles. The third kappa shape index (κ3) is 1.50. The van der Waals surface area contributed by atoms with Crippen LogP contribution in [0.15, 0.2) is 18.2 Å². The molecule has 1 N–H and O–H groups in total. The van der Waals surface area contributed by atoms with E-state index in [2.05, 4.69) is 11.4 Å². The first-order valence-electron chi connectivity index (χ1n) is 6.12. The minimum Gasteiger partial charge on any atom is -0.496 e. The molecular weight excluding hydrogens is 234 g/mol. The fourth-order valence-corrected chi connectivity index (χ4v) is 4.11. The summed E-state index contributed by atoms with van der Waals surface area (Å²) in [6, 6.07) is 5.98. The van der Waals surface area contributed by atoms with Gasteiger partial charge in [-0.25, -0.2) is 0 Å². The van der Waals surface area contributed by atoms with Gasteiger partial charge < -0.3 is 10.1 Å². The summed E-state index contributed by atoms with van der Waals surface area (Å²) in [4.78, 5) is 0. The van der Waals surface area contributed by atoms with Gasteiger partial charge in [0, 0.05) is 22.5 Å². The molecule has 4 rings (SSSR count). The lowest BCUT2D eigenvalue weighted by Crippen LogP contribution is -2.67. The summed E-state index contributed by atoms with van der Waals surface area (Å²) in [5.41, 5.74) is 2.22. The van der Waals surface area contributed by atoms with E-state index in [4.69, 9.17) is 16.3 Å². The molecule has 0 radical (unpaired) electrons. The van der Waals surface area contributed by atoms with Gasteiger partial charge in [0.2, 0.25) is 0 Å². The molecular formula is C14H18ClNO. The molecule has 17 heavy (non-hydrogen) atoms. The number of benzene rings is 1. The van der Waals surface area contributed by atoms with Gasteiger partial charge in [0.15, 0.2) is 0 Å². The average Bonchev–Trinajstić information content (AvgIpc) is 2.21. The van der Waals surface area contributed by atoms with E-state index in [1.807, 2.05) is 19.2 Å². The molecule has 0 amide bonds. The molecule has 3 aliphatic carbocycles. The van der Waals surface area contributed by atoms with E-state index in [9.17, 15) is 0 Å². The van der Waals surface area contributed by atoms with Gasteiger partial charge >= 0.3 is 0 Å². The SMILES string of the molecule is CNCC12CC(c3cc(Cl)ccc3OC)(C1)C2. The summed E-state index contributed by atoms with van der Waals surface area (Å²) >= 11 is 6.11. The standard InChI is InChI=1S/C14H18ClNO/c1-16-9-13-6-14(7-13,8-13)11-5-10(15)3-4-12(11)17-2/h3-5,16H,6-9H2,1-2H3. The molecule has 0 spiro atoms. The Bertz CT molecular complexity index is 438. The summed E-state index contributed by atoms with van der Waals surface area (Å²) in [6.07, 6.45) is 3.83. The number of rotatable bonds is 4. The van der Waals surface area contributed by atoms with Gasteiger partial charge in [-0.05, 0) is 49.9 Å². The van der Waals surface area contributed by atoms with Crippen LogP contribution in [-0.2, 0) is 5.41 Å². The zero-order valence-electron chi connectivity index (χ0n) is 10.3. The van der Waals surface area contributed by atoms with Crippen LogP contribution in [0, 0.1) is 5.41 Å². The van der Waals surface area contributed by atoms with E-state index in [1.54, 1.807) is 7.11 Å². The van der Waals surface area contributed by atoms with Gasteiger partial charge in [-0.15, -0.1) is 0 Å². The smallest absolute Gasteiger partial charge is 0.122 e. The van der Waals surface area contributed by atoms with E-state index < -0.39 is 0 Å². The highest BCUT2D eigenvalue weighted by Gasteiger charge is 2.68. The third-order valence-corrected chi connectivity index (χ3v) is 4.66. The van der Waals surface area contributed by atoms with Gasteiger partial charge in [0.25, 0.3) is 0 Å². The molecule has 1 aromatic carbocycles. The number of methoxy groups -OCH3 is 1. The number of hydrogen-bond acceptors (Lipinski definition) is 2. The Balaban J connectivity index is 1.86. The summed E-state index contributed by atoms with van der Waals surface area (Å²) in [7, 11) is 3.77. The fraction of sp³-hybridized carbons (Fsp3) is 0.571. The van der Waals surface area contributed by atoms with Crippen molar-refractivity contribution in [1.29, 1.82) is 0 Å². The van der Waals surface area contributed by atoms with Crippen LogP contribution in [0.25, 0.3) is 0 Å². The first kappa shape index (κ1) is 11.4. The quantitative estimate of drug-likeness (QED) is 0.888. The lowest BCUT2D eigenvalue weighted by Gasteiger charge is -2.71. The molecule has 92 valence electrons. The topological polar surface area (TPSA) is 21.3 Å². The Morgan fingerprint density at radius 1 is 1.35 bits per heavy atom. The van der Waals surface area contributed by atoms with Gasteiger partial charge in [-0.2, -0.15) is 0 Å². The van der Waals surface area contributed by atoms with Crippen LogP contribution in [0.4, 0.5) is 0 Å². The van der Waals surface area contributed by atoms with Crippen LogP contribution < -0.4 is 10.1 Å². The molecule has 3 aliphatic rings. The highest BCUT2D eigenvalue weighted by Crippen LogP contribution is 2.74. The monoisotopic (exact) mass is 251 g/mol. The molecule has 0 unspecified atom stereocenters. The van der Waals surface area contributed by atoms with Crippen molar-refractivity contribution in [2.45, 2.75) is 24.7 Å². The minimum absolute atomic E-state index is 0.354. The normalized spacial score (nSPS) is 33.8. The van der Waals surface area contributed by atoms with E-state index in [-0.39, 0.29) is 0 Å². The second-order valence-corrected chi connectivity index (χ2v) is 6.12. The number of halogens is 1. The Kier molecular flexibility index (Phi) is 2.43. The maximum Gasteiger partial charge on any atom is 0.122 e. The molecule has 3 heteroatoms. The average molecular weight is 252 g/mol. The first-order chi connectivity index (χ1) is 8.13. The molecule has 2 nitrogen and oxygen atoms in total. The molecule has 3 saturated carbocycles. The fourth-order valence-electron chi connectivity index (χ4n) is 3.94. The Morgan fingerprint density at radius 3 is 2.65 bits per heavy atom. The van der Waals surface area contributed by atoms with Crippen LogP contribution in [0.2, 0.25) is 5.02 Å². The molecule has 0 heterocycles. The van der Waals surface area contributed by atoms with Crippen LogP contribution in [0.1, 0.15) is 24.8 Å². The van der Waals surface area contributed by atoms with E-state index in [0.29, 0.717) is 10.8 Å². The summed E-state index contributed by atoms with van der Waals surface area (Å²) in [5, 5.41) is 4.11. The van der Waals surface area contributed by atoms with Crippen LogP contribution >= 0.6 is 11.6 Å². The van der Waals surface area contributed by atoms with Gasteiger partial charge in [0.1, 0.15) is 5.75 Å².